The van der Waals surface area contributed by atoms with Crippen molar-refractivity contribution in [1.82, 2.24) is 10.6 Å². The summed E-state index contributed by atoms with van der Waals surface area (Å²) in [5.41, 5.74) is 1.41. The number of benzene rings is 1. The zero-order chi connectivity index (χ0) is 20.6. The summed E-state index contributed by atoms with van der Waals surface area (Å²) in [5.74, 6) is -0.623. The molecule has 0 radical (unpaired) electrons. The number of hydrogen-bond acceptors (Lipinski definition) is 6. The Bertz CT molecular complexity index is 873. The molecule has 0 atom stereocenters. The summed E-state index contributed by atoms with van der Waals surface area (Å²) in [4.78, 5) is 35.7. The van der Waals surface area contributed by atoms with Crippen LogP contribution in [0.3, 0.4) is 0 Å². The van der Waals surface area contributed by atoms with E-state index in [9.17, 15) is 14.4 Å². The van der Waals surface area contributed by atoms with E-state index in [4.69, 9.17) is 9.15 Å². The summed E-state index contributed by atoms with van der Waals surface area (Å²) in [7, 11) is 0. The molecular weight excluding hydrogens is 392 g/mol. The number of hydrogen-bond donors (Lipinski definition) is 2. The van der Waals surface area contributed by atoms with Crippen molar-refractivity contribution >= 4 is 40.6 Å². The molecule has 1 aliphatic rings. The number of nitrogens with one attached hydrogen (secondary N) is 2. The molecule has 2 N–H and O–H groups in total. The number of ether oxygens (including phenoxy) is 1. The molecule has 1 heterocycles. The highest BCUT2D eigenvalue weighted by molar-refractivity contribution is 7.99. The zero-order valence-electron chi connectivity index (χ0n) is 16.5. The minimum atomic E-state index is -0.702. The van der Waals surface area contributed by atoms with E-state index in [0.717, 1.165) is 10.9 Å². The maximum absolute atomic E-state index is 12.6. The normalized spacial score (nSPS) is 14.5. The highest BCUT2D eigenvalue weighted by Crippen LogP contribution is 2.35. The van der Waals surface area contributed by atoms with Crippen molar-refractivity contribution in [2.45, 2.75) is 50.0 Å². The van der Waals surface area contributed by atoms with Gasteiger partial charge in [0.05, 0.1) is 0 Å². The molecule has 2 aromatic rings. The van der Waals surface area contributed by atoms with E-state index in [0.29, 0.717) is 23.1 Å². The molecule has 1 fully saturated rings. The number of furan rings is 1. The van der Waals surface area contributed by atoms with Crippen molar-refractivity contribution < 1.29 is 23.5 Å². The Hall–Kier alpha value is -2.48. The van der Waals surface area contributed by atoms with Crippen LogP contribution in [0, 0.1) is 0 Å². The number of imide groups is 1. The first-order chi connectivity index (χ1) is 14.1. The molecule has 1 aromatic heterocycles. The third-order valence-electron chi connectivity index (χ3n) is 4.82. The lowest BCUT2D eigenvalue weighted by Crippen LogP contribution is -2.41. The monoisotopic (exact) mass is 418 g/mol. The number of amides is 3. The van der Waals surface area contributed by atoms with Crippen molar-refractivity contribution in [2.75, 3.05) is 13.2 Å². The summed E-state index contributed by atoms with van der Waals surface area (Å²) in [6, 6.07) is 6.86. The second kappa shape index (κ2) is 10.3. The van der Waals surface area contributed by atoms with Gasteiger partial charge in [0.1, 0.15) is 5.58 Å². The standard InChI is InChI=1S/C21H26N2O5S/c1-2-22-21(26)23-18(24)12-27-20(25)19-16(13-29-14-8-4-3-5-9-14)15-10-6-7-11-17(15)28-19/h6-7,10-11,14H,2-5,8-9,12-13H2,1H3,(H2,22,23,24,26). The van der Waals surface area contributed by atoms with Gasteiger partial charge in [0.25, 0.3) is 5.91 Å². The van der Waals surface area contributed by atoms with Gasteiger partial charge in [0.15, 0.2) is 6.61 Å². The first-order valence-corrected chi connectivity index (χ1v) is 11.0. The number of urea groups is 1. The van der Waals surface area contributed by atoms with Crippen LogP contribution in [-0.2, 0) is 15.3 Å². The van der Waals surface area contributed by atoms with E-state index in [1.54, 1.807) is 6.92 Å². The molecule has 1 aromatic carbocycles. The quantitative estimate of drug-likeness (QED) is 0.660. The van der Waals surface area contributed by atoms with Gasteiger partial charge in [0, 0.05) is 28.5 Å². The molecule has 7 nitrogen and oxygen atoms in total. The second-order valence-electron chi connectivity index (χ2n) is 6.96. The van der Waals surface area contributed by atoms with Crippen LogP contribution in [0.5, 0.6) is 0 Å². The largest absolute Gasteiger partial charge is 0.450 e. The van der Waals surface area contributed by atoms with E-state index in [-0.39, 0.29) is 5.76 Å². The zero-order valence-corrected chi connectivity index (χ0v) is 17.3. The minimum absolute atomic E-state index is 0.125. The smallest absolute Gasteiger partial charge is 0.375 e. The number of thioether (sulfide) groups is 1. The summed E-state index contributed by atoms with van der Waals surface area (Å²) < 4.78 is 10.9. The summed E-state index contributed by atoms with van der Waals surface area (Å²) in [6.07, 6.45) is 6.18. The lowest BCUT2D eigenvalue weighted by molar-refractivity contribution is -0.123. The molecule has 0 spiro atoms. The average Bonchev–Trinajstić information content (AvgIpc) is 3.10. The van der Waals surface area contributed by atoms with E-state index in [2.05, 4.69) is 10.6 Å². The van der Waals surface area contributed by atoms with Gasteiger partial charge in [-0.3, -0.25) is 10.1 Å². The molecule has 0 saturated heterocycles. The van der Waals surface area contributed by atoms with Crippen LogP contribution >= 0.6 is 11.8 Å². The fraction of sp³-hybridized carbons (Fsp3) is 0.476. The molecule has 1 saturated carbocycles. The molecule has 29 heavy (non-hydrogen) atoms. The van der Waals surface area contributed by atoms with E-state index >= 15 is 0 Å². The van der Waals surface area contributed by atoms with Crippen LogP contribution in [0.25, 0.3) is 11.0 Å². The van der Waals surface area contributed by atoms with Crippen molar-refractivity contribution in [2.24, 2.45) is 0 Å². The summed E-state index contributed by atoms with van der Waals surface area (Å²) >= 11 is 1.84. The lowest BCUT2D eigenvalue weighted by Gasteiger charge is -2.20. The predicted octanol–water partition coefficient (Wildman–Crippen LogP) is 4.00. The van der Waals surface area contributed by atoms with E-state index < -0.39 is 24.5 Å². The number of carbonyl (C=O) groups is 3. The molecule has 0 bridgehead atoms. The molecule has 1 aliphatic carbocycles. The van der Waals surface area contributed by atoms with Gasteiger partial charge in [-0.2, -0.15) is 11.8 Å². The molecule has 8 heteroatoms. The van der Waals surface area contributed by atoms with Gasteiger partial charge >= 0.3 is 12.0 Å². The Morgan fingerprint density at radius 1 is 1.17 bits per heavy atom. The second-order valence-corrected chi connectivity index (χ2v) is 8.25. The fourth-order valence-corrected chi connectivity index (χ4v) is 4.76. The molecule has 0 unspecified atom stereocenters. The van der Waals surface area contributed by atoms with Crippen LogP contribution in [0.1, 0.15) is 55.1 Å². The number of carbonyl (C=O) groups excluding carboxylic acids is 3. The third-order valence-corrected chi connectivity index (χ3v) is 6.22. The maximum atomic E-state index is 12.6. The van der Waals surface area contributed by atoms with Crippen LogP contribution < -0.4 is 10.6 Å². The van der Waals surface area contributed by atoms with Gasteiger partial charge in [-0.05, 0) is 25.8 Å². The van der Waals surface area contributed by atoms with Crippen LogP contribution in [0.15, 0.2) is 28.7 Å². The van der Waals surface area contributed by atoms with Gasteiger partial charge in [-0.25, -0.2) is 9.59 Å². The number of rotatable bonds is 7. The summed E-state index contributed by atoms with van der Waals surface area (Å²) in [5, 5.41) is 6.00. The SMILES string of the molecule is CCNC(=O)NC(=O)COC(=O)c1oc2ccccc2c1CSC1CCCCC1. The van der Waals surface area contributed by atoms with Crippen molar-refractivity contribution in [3.63, 3.8) is 0 Å². The van der Waals surface area contributed by atoms with Gasteiger partial charge in [-0.1, -0.05) is 37.5 Å². The average molecular weight is 419 g/mol. The Morgan fingerprint density at radius 2 is 1.93 bits per heavy atom. The van der Waals surface area contributed by atoms with Crippen LogP contribution in [0.2, 0.25) is 0 Å². The number of para-hydroxylation sites is 1. The van der Waals surface area contributed by atoms with Crippen molar-refractivity contribution in [3.05, 3.63) is 35.6 Å². The molecule has 0 aliphatic heterocycles. The van der Waals surface area contributed by atoms with Crippen molar-refractivity contribution in [1.29, 1.82) is 0 Å². The number of esters is 1. The first kappa shape index (κ1) is 21.2. The molecular formula is C21H26N2O5S. The third kappa shape index (κ3) is 5.76. The topological polar surface area (TPSA) is 97.6 Å². The van der Waals surface area contributed by atoms with E-state index in [1.165, 1.54) is 32.1 Å². The Balaban J connectivity index is 1.67. The lowest BCUT2D eigenvalue weighted by atomic mass is 10.0. The number of fused-ring (bicyclic) bond motifs is 1. The first-order valence-electron chi connectivity index (χ1n) is 9.95. The minimum Gasteiger partial charge on any atom is -0.450 e. The Kier molecular flexibility index (Phi) is 7.57. The van der Waals surface area contributed by atoms with Gasteiger partial charge in [-0.15, -0.1) is 0 Å². The molecule has 3 amide bonds. The predicted molar refractivity (Wildman–Crippen MR) is 112 cm³/mol. The van der Waals surface area contributed by atoms with Gasteiger partial charge < -0.3 is 14.5 Å². The van der Waals surface area contributed by atoms with Crippen LogP contribution in [-0.4, -0.2) is 36.3 Å². The Labute approximate surface area is 173 Å². The highest BCUT2D eigenvalue weighted by atomic mass is 32.2. The fourth-order valence-electron chi connectivity index (χ4n) is 3.40. The Morgan fingerprint density at radius 3 is 2.69 bits per heavy atom. The summed E-state index contributed by atoms with van der Waals surface area (Å²) in [6.45, 7) is 1.57. The van der Waals surface area contributed by atoms with Gasteiger partial charge in [0.2, 0.25) is 5.76 Å². The molecule has 156 valence electrons. The van der Waals surface area contributed by atoms with Crippen LogP contribution in [0.4, 0.5) is 4.79 Å². The maximum Gasteiger partial charge on any atom is 0.375 e. The van der Waals surface area contributed by atoms with Crippen molar-refractivity contribution in [3.8, 4) is 0 Å². The van der Waals surface area contributed by atoms with E-state index in [1.807, 2.05) is 36.0 Å². The highest BCUT2D eigenvalue weighted by Gasteiger charge is 2.24. The molecule has 3 rings (SSSR count).